The predicted molar refractivity (Wildman–Crippen MR) is 117 cm³/mol. The summed E-state index contributed by atoms with van der Waals surface area (Å²) in [6, 6.07) is 7.43. The molecule has 0 bridgehead atoms. The second-order valence-corrected chi connectivity index (χ2v) is 7.35. The highest BCUT2D eigenvalue weighted by Gasteiger charge is 2.28. The number of nitrogens with zero attached hydrogens (tertiary/aromatic N) is 2. The van der Waals surface area contributed by atoms with E-state index in [1.54, 1.807) is 30.5 Å². The fourth-order valence-electron chi connectivity index (χ4n) is 3.77. The second kappa shape index (κ2) is 7.65. The van der Waals surface area contributed by atoms with E-state index < -0.39 is 11.8 Å². The molecule has 1 aliphatic heterocycles. The normalized spacial score (nSPS) is 12.4. The van der Waals surface area contributed by atoms with Crippen molar-refractivity contribution in [1.29, 1.82) is 0 Å². The van der Waals surface area contributed by atoms with Gasteiger partial charge in [0.1, 0.15) is 17.5 Å². The summed E-state index contributed by atoms with van der Waals surface area (Å²) < 4.78 is 15.0. The highest BCUT2D eigenvalue weighted by atomic mass is 19.1. The molecule has 32 heavy (non-hydrogen) atoms. The number of fused-ring (bicyclic) bond motifs is 1. The fourth-order valence-corrected chi connectivity index (χ4v) is 3.77. The Morgan fingerprint density at radius 2 is 1.91 bits per heavy atom. The number of carbonyl (C=O) groups excluding carboxylic acids is 2. The van der Waals surface area contributed by atoms with Crippen molar-refractivity contribution >= 4 is 23.4 Å². The third-order valence-corrected chi connectivity index (χ3v) is 5.19. The van der Waals surface area contributed by atoms with Gasteiger partial charge in [0.15, 0.2) is 0 Å². The zero-order valence-corrected chi connectivity index (χ0v) is 16.9. The molecule has 10 heteroatoms. The lowest BCUT2D eigenvalue weighted by Crippen LogP contribution is -2.19. The predicted octanol–water partition coefficient (Wildman–Crippen LogP) is 3.80. The molecule has 0 radical (unpaired) electrons. The molecule has 1 aliphatic rings. The first-order chi connectivity index (χ1) is 15.5. The average Bonchev–Trinajstić information content (AvgIpc) is 3.50. The van der Waals surface area contributed by atoms with Crippen molar-refractivity contribution in [3.8, 4) is 22.5 Å². The van der Waals surface area contributed by atoms with Gasteiger partial charge >= 0.3 is 6.03 Å². The summed E-state index contributed by atoms with van der Waals surface area (Å²) in [7, 11) is 0. The van der Waals surface area contributed by atoms with Crippen molar-refractivity contribution in [2.24, 2.45) is 0 Å². The number of urea groups is 1. The molecule has 0 saturated carbocycles. The fraction of sp³-hybridized carbons (Fsp3) is 0.0909. The van der Waals surface area contributed by atoms with Crippen molar-refractivity contribution in [1.82, 2.24) is 25.3 Å². The van der Waals surface area contributed by atoms with Crippen LogP contribution in [0.1, 0.15) is 21.6 Å². The van der Waals surface area contributed by atoms with Gasteiger partial charge in [0, 0.05) is 35.2 Å². The number of imidazole rings is 2. The third-order valence-electron chi connectivity index (χ3n) is 5.19. The molecular weight excluding hydrogens is 413 g/mol. The number of rotatable bonds is 4. The summed E-state index contributed by atoms with van der Waals surface area (Å²) in [5, 5.41) is 7.94. The number of benzene rings is 2. The zero-order valence-electron chi connectivity index (χ0n) is 16.9. The lowest BCUT2D eigenvalue weighted by Gasteiger charge is -2.13. The van der Waals surface area contributed by atoms with Gasteiger partial charge in [-0.1, -0.05) is 6.07 Å². The van der Waals surface area contributed by atoms with E-state index in [1.807, 2.05) is 6.92 Å². The van der Waals surface area contributed by atoms with Crippen LogP contribution in [-0.4, -0.2) is 31.9 Å². The number of anilines is 2. The molecule has 9 nitrogen and oxygen atoms in total. The highest BCUT2D eigenvalue weighted by Crippen LogP contribution is 2.36. The lowest BCUT2D eigenvalue weighted by atomic mass is 9.92. The maximum atomic E-state index is 15.0. The van der Waals surface area contributed by atoms with Crippen LogP contribution in [-0.2, 0) is 6.54 Å². The van der Waals surface area contributed by atoms with Gasteiger partial charge in [-0.25, -0.2) is 19.2 Å². The molecule has 0 fully saturated rings. The van der Waals surface area contributed by atoms with Gasteiger partial charge in [-0.3, -0.25) is 10.1 Å². The van der Waals surface area contributed by atoms with E-state index in [0.717, 1.165) is 5.69 Å². The summed E-state index contributed by atoms with van der Waals surface area (Å²) in [5.41, 5.74) is 3.96. The molecule has 5 rings (SSSR count). The van der Waals surface area contributed by atoms with Crippen LogP contribution < -0.4 is 16.0 Å². The maximum Gasteiger partial charge on any atom is 0.324 e. The van der Waals surface area contributed by atoms with E-state index in [0.29, 0.717) is 46.0 Å². The Bertz CT molecular complexity index is 1340. The third kappa shape index (κ3) is 3.47. The van der Waals surface area contributed by atoms with Gasteiger partial charge in [0.05, 0.1) is 18.1 Å². The monoisotopic (exact) mass is 431 g/mol. The molecule has 0 saturated heterocycles. The SMILES string of the molecule is Cc1cnc(-c2ccc(-c3ccc(NC(=O)Nc4cnc[nH]4)cc3F)c3c2C(=O)NC3)[nH]1. The number of halogens is 1. The smallest absolute Gasteiger partial charge is 0.324 e. The minimum absolute atomic E-state index is 0.222. The number of hydrogen-bond acceptors (Lipinski definition) is 4. The van der Waals surface area contributed by atoms with Crippen LogP contribution in [0, 0.1) is 12.7 Å². The summed E-state index contributed by atoms with van der Waals surface area (Å²) in [5.74, 6) is 0.261. The van der Waals surface area contributed by atoms with Crippen LogP contribution in [0.3, 0.4) is 0 Å². The molecule has 4 aromatic rings. The van der Waals surface area contributed by atoms with Crippen LogP contribution in [0.5, 0.6) is 0 Å². The van der Waals surface area contributed by atoms with E-state index >= 15 is 4.39 Å². The molecule has 0 spiro atoms. The maximum absolute atomic E-state index is 15.0. The highest BCUT2D eigenvalue weighted by molar-refractivity contribution is 6.06. The van der Waals surface area contributed by atoms with Crippen LogP contribution in [0.2, 0.25) is 0 Å². The standard InChI is InChI=1S/C22H18FN7O2/c1-11-7-25-20(28-11)15-5-4-13(16-8-26-21(31)19(15)16)14-3-2-12(6-17(14)23)29-22(32)30-18-9-24-10-27-18/h2-7,9-10H,8H2,1H3,(H,24,27)(H,25,28)(H,26,31)(H2,29,30,32). The molecular formula is C22H18FN7O2. The van der Waals surface area contributed by atoms with Crippen molar-refractivity contribution < 1.29 is 14.0 Å². The average molecular weight is 431 g/mol. The number of carbonyl (C=O) groups is 2. The van der Waals surface area contributed by atoms with Crippen molar-refractivity contribution in [2.45, 2.75) is 13.5 Å². The first-order valence-corrected chi connectivity index (χ1v) is 9.82. The number of H-pyrrole nitrogens is 2. The van der Waals surface area contributed by atoms with E-state index in [1.165, 1.54) is 18.6 Å². The van der Waals surface area contributed by atoms with E-state index in [2.05, 4.69) is 35.9 Å². The molecule has 160 valence electrons. The summed E-state index contributed by atoms with van der Waals surface area (Å²) >= 11 is 0. The summed E-state index contributed by atoms with van der Waals surface area (Å²) in [4.78, 5) is 38.6. The number of aromatic nitrogens is 4. The minimum Gasteiger partial charge on any atom is -0.348 e. The molecule has 3 amide bonds. The van der Waals surface area contributed by atoms with Gasteiger partial charge in [0.2, 0.25) is 0 Å². The van der Waals surface area contributed by atoms with Crippen LogP contribution >= 0.6 is 0 Å². The molecule has 0 aliphatic carbocycles. The zero-order chi connectivity index (χ0) is 22.2. The van der Waals surface area contributed by atoms with Crippen LogP contribution in [0.4, 0.5) is 20.7 Å². The second-order valence-electron chi connectivity index (χ2n) is 7.35. The minimum atomic E-state index is -0.532. The summed E-state index contributed by atoms with van der Waals surface area (Å²) in [6.45, 7) is 2.18. The van der Waals surface area contributed by atoms with Crippen LogP contribution in [0.25, 0.3) is 22.5 Å². The van der Waals surface area contributed by atoms with E-state index in [9.17, 15) is 9.59 Å². The van der Waals surface area contributed by atoms with E-state index in [-0.39, 0.29) is 11.6 Å². The molecule has 0 unspecified atom stereocenters. The van der Waals surface area contributed by atoms with Gasteiger partial charge < -0.3 is 20.6 Å². The molecule has 0 atom stereocenters. The van der Waals surface area contributed by atoms with E-state index in [4.69, 9.17) is 0 Å². The molecule has 2 aromatic carbocycles. The van der Waals surface area contributed by atoms with Crippen molar-refractivity contribution in [3.05, 3.63) is 71.7 Å². The first-order valence-electron chi connectivity index (χ1n) is 9.82. The number of aryl methyl sites for hydroxylation is 1. The summed E-state index contributed by atoms with van der Waals surface area (Å²) in [6.07, 6.45) is 4.57. The largest absolute Gasteiger partial charge is 0.348 e. The Labute approximate surface area is 181 Å². The van der Waals surface area contributed by atoms with Gasteiger partial charge in [0.25, 0.3) is 5.91 Å². The number of hydrogen-bond donors (Lipinski definition) is 5. The topological polar surface area (TPSA) is 128 Å². The number of amides is 3. The molecule has 2 aromatic heterocycles. The lowest BCUT2D eigenvalue weighted by molar-refractivity contribution is 0.0966. The first kappa shape index (κ1) is 19.5. The van der Waals surface area contributed by atoms with Gasteiger partial charge in [-0.15, -0.1) is 0 Å². The number of aromatic amines is 2. The van der Waals surface area contributed by atoms with Crippen molar-refractivity contribution in [2.75, 3.05) is 10.6 Å². The Hall–Kier alpha value is -4.47. The Balaban J connectivity index is 1.46. The number of nitrogens with one attached hydrogen (secondary N) is 5. The quantitative estimate of drug-likeness (QED) is 0.337. The molecule has 5 N–H and O–H groups in total. The van der Waals surface area contributed by atoms with Crippen molar-refractivity contribution in [3.63, 3.8) is 0 Å². The van der Waals surface area contributed by atoms with Crippen LogP contribution in [0.15, 0.2) is 49.1 Å². The Morgan fingerprint density at radius 3 is 2.62 bits per heavy atom. The Morgan fingerprint density at radius 1 is 1.09 bits per heavy atom. The van der Waals surface area contributed by atoms with Gasteiger partial charge in [-0.2, -0.15) is 0 Å². The Kier molecular flexibility index (Phi) is 4.66. The molecule has 3 heterocycles. The van der Waals surface area contributed by atoms with Gasteiger partial charge in [-0.05, 0) is 42.3 Å².